The van der Waals surface area contributed by atoms with Crippen LogP contribution in [0.1, 0.15) is 12.1 Å². The van der Waals surface area contributed by atoms with Crippen LogP contribution in [0.25, 0.3) is 0 Å². The van der Waals surface area contributed by atoms with E-state index >= 15 is 0 Å². The first kappa shape index (κ1) is 17.1. The van der Waals surface area contributed by atoms with Crippen molar-refractivity contribution in [2.45, 2.75) is 13.3 Å². The topological polar surface area (TPSA) is 119 Å². The lowest BCUT2D eigenvalue weighted by atomic mass is 10.3. The lowest BCUT2D eigenvalue weighted by Gasteiger charge is -2.08. The van der Waals surface area contributed by atoms with Gasteiger partial charge in [-0.25, -0.2) is 4.98 Å². The van der Waals surface area contributed by atoms with Gasteiger partial charge in [-0.3, -0.25) is 14.9 Å². The Morgan fingerprint density at radius 1 is 1.43 bits per heavy atom. The van der Waals surface area contributed by atoms with Gasteiger partial charge in [0.05, 0.1) is 11.5 Å². The van der Waals surface area contributed by atoms with Gasteiger partial charge in [-0.05, 0) is 18.5 Å². The molecule has 21 heavy (non-hydrogen) atoms. The lowest BCUT2D eigenvalue weighted by molar-refractivity contribution is -0.385. The van der Waals surface area contributed by atoms with Crippen molar-refractivity contribution in [2.24, 2.45) is 0 Å². The molecule has 0 radical (unpaired) electrons. The summed E-state index contributed by atoms with van der Waals surface area (Å²) in [6.07, 6.45) is 0.140. The van der Waals surface area contributed by atoms with Crippen LogP contribution in [0.3, 0.4) is 0 Å². The van der Waals surface area contributed by atoms with Gasteiger partial charge >= 0.3 is 5.69 Å². The number of anilines is 1. The summed E-state index contributed by atoms with van der Waals surface area (Å²) in [5.74, 6) is -0.193. The Bertz CT molecular complexity index is 526. The predicted molar refractivity (Wildman–Crippen MR) is 76.4 cm³/mol. The summed E-state index contributed by atoms with van der Waals surface area (Å²) in [5.41, 5.74) is -0.0914. The third-order valence-electron chi connectivity index (χ3n) is 2.49. The summed E-state index contributed by atoms with van der Waals surface area (Å²) in [7, 11) is 1.54. The number of carbonyl (C=O) groups is 1. The third-order valence-corrected chi connectivity index (χ3v) is 2.66. The average molecular weight is 318 g/mol. The maximum Gasteiger partial charge on any atom is 0.332 e. The summed E-state index contributed by atoms with van der Waals surface area (Å²) in [5, 5.41) is 16.2. The van der Waals surface area contributed by atoms with E-state index in [0.717, 1.165) is 0 Å². The molecule has 0 bridgehead atoms. The van der Waals surface area contributed by atoms with E-state index in [1.54, 1.807) is 0 Å². The number of amides is 1. The first-order valence-corrected chi connectivity index (χ1v) is 6.51. The summed E-state index contributed by atoms with van der Waals surface area (Å²) in [6, 6.07) is 0. The van der Waals surface area contributed by atoms with E-state index in [2.05, 4.69) is 20.6 Å². The Balaban J connectivity index is 2.59. The van der Waals surface area contributed by atoms with Crippen molar-refractivity contribution in [1.82, 2.24) is 15.3 Å². The summed E-state index contributed by atoms with van der Waals surface area (Å²) < 4.78 is 4.80. The maximum absolute atomic E-state index is 11.5. The zero-order valence-corrected chi connectivity index (χ0v) is 12.4. The van der Waals surface area contributed by atoms with Crippen molar-refractivity contribution in [1.29, 1.82) is 0 Å². The summed E-state index contributed by atoms with van der Waals surface area (Å²) in [6.45, 7) is 2.49. The van der Waals surface area contributed by atoms with Crippen molar-refractivity contribution in [3.8, 4) is 0 Å². The predicted octanol–water partition coefficient (Wildman–Crippen LogP) is 0.911. The van der Waals surface area contributed by atoms with E-state index in [9.17, 15) is 14.9 Å². The summed E-state index contributed by atoms with van der Waals surface area (Å²) >= 11 is 5.67. The zero-order valence-electron chi connectivity index (χ0n) is 11.7. The van der Waals surface area contributed by atoms with Crippen LogP contribution in [-0.2, 0) is 9.53 Å². The number of nitro groups is 1. The molecule has 9 nitrogen and oxygen atoms in total. The van der Waals surface area contributed by atoms with E-state index in [1.165, 1.54) is 14.0 Å². The smallest absolute Gasteiger partial charge is 0.332 e. The Labute approximate surface area is 126 Å². The van der Waals surface area contributed by atoms with Gasteiger partial charge in [0.15, 0.2) is 0 Å². The minimum Gasteiger partial charge on any atom is -0.383 e. The van der Waals surface area contributed by atoms with Crippen molar-refractivity contribution in [3.05, 3.63) is 21.1 Å². The molecule has 0 aliphatic rings. The highest BCUT2D eigenvalue weighted by Crippen LogP contribution is 2.26. The molecule has 0 unspecified atom stereocenters. The van der Waals surface area contributed by atoms with Gasteiger partial charge in [0.2, 0.25) is 17.0 Å². The number of hydrogen-bond donors (Lipinski definition) is 2. The molecule has 10 heteroatoms. The molecule has 116 valence electrons. The Morgan fingerprint density at radius 3 is 2.76 bits per heavy atom. The first-order valence-electron chi connectivity index (χ1n) is 6.13. The van der Waals surface area contributed by atoms with Crippen LogP contribution >= 0.6 is 11.6 Å². The van der Waals surface area contributed by atoms with Gasteiger partial charge in [-0.15, -0.1) is 0 Å². The molecule has 1 rings (SSSR count). The normalized spacial score (nSPS) is 10.2. The minimum atomic E-state index is -0.591. The molecule has 0 spiro atoms. The zero-order chi connectivity index (χ0) is 15.8. The third kappa shape index (κ3) is 5.48. The molecular formula is C11H16ClN5O4. The highest BCUT2D eigenvalue weighted by atomic mass is 35.5. The molecule has 2 N–H and O–H groups in total. The second-order valence-corrected chi connectivity index (χ2v) is 4.39. The number of aryl methyl sites for hydroxylation is 1. The molecule has 1 amide bonds. The van der Waals surface area contributed by atoms with Gasteiger partial charge < -0.3 is 15.4 Å². The standard InChI is InChI=1S/C11H16ClN5O4/c1-7-9(17(19)20)10(16-11(12)15-7)14-4-3-8(18)13-5-6-21-2/h3-6H2,1-2H3,(H,13,18)(H,14,15,16). The van der Waals surface area contributed by atoms with Gasteiger partial charge in [0.25, 0.3) is 0 Å². The lowest BCUT2D eigenvalue weighted by Crippen LogP contribution is -2.28. The number of rotatable bonds is 8. The number of ether oxygens (including phenoxy) is 1. The van der Waals surface area contributed by atoms with Gasteiger partial charge in [0.1, 0.15) is 5.69 Å². The van der Waals surface area contributed by atoms with Crippen molar-refractivity contribution in [2.75, 3.05) is 32.1 Å². The molecule has 0 aliphatic heterocycles. The molecule has 1 aromatic heterocycles. The monoisotopic (exact) mass is 317 g/mol. The molecule has 0 fully saturated rings. The van der Waals surface area contributed by atoms with Gasteiger partial charge in [-0.2, -0.15) is 4.98 Å². The van der Waals surface area contributed by atoms with Gasteiger partial charge in [0, 0.05) is 26.6 Å². The molecule has 0 aliphatic carbocycles. The number of hydrogen-bond acceptors (Lipinski definition) is 7. The SMILES string of the molecule is COCCNC(=O)CCNc1nc(Cl)nc(C)c1[N+](=O)[O-]. The quantitative estimate of drug-likeness (QED) is 0.316. The average Bonchev–Trinajstić information content (AvgIpc) is 2.37. The number of carbonyl (C=O) groups excluding carboxylic acids is 1. The first-order chi connectivity index (χ1) is 9.95. The fraction of sp³-hybridized carbons (Fsp3) is 0.545. The fourth-order valence-corrected chi connectivity index (χ4v) is 1.76. The number of nitrogens with one attached hydrogen (secondary N) is 2. The summed E-state index contributed by atoms with van der Waals surface area (Å²) in [4.78, 5) is 29.4. The molecule has 0 saturated carbocycles. The van der Waals surface area contributed by atoms with E-state index in [1.807, 2.05) is 0 Å². The Morgan fingerprint density at radius 2 is 2.14 bits per heavy atom. The van der Waals surface area contributed by atoms with E-state index in [0.29, 0.717) is 13.2 Å². The molecule has 0 aromatic carbocycles. The second kappa shape index (κ2) is 8.32. The van der Waals surface area contributed by atoms with E-state index in [-0.39, 0.29) is 41.4 Å². The molecule has 0 saturated heterocycles. The number of aromatic nitrogens is 2. The molecule has 1 aromatic rings. The number of halogens is 1. The van der Waals surface area contributed by atoms with E-state index < -0.39 is 4.92 Å². The van der Waals surface area contributed by atoms with E-state index in [4.69, 9.17) is 16.3 Å². The van der Waals surface area contributed by atoms with Crippen molar-refractivity contribution < 1.29 is 14.5 Å². The largest absolute Gasteiger partial charge is 0.383 e. The van der Waals surface area contributed by atoms with Crippen LogP contribution in [0, 0.1) is 17.0 Å². The Kier molecular flexibility index (Phi) is 6.76. The fourth-order valence-electron chi connectivity index (χ4n) is 1.55. The maximum atomic E-state index is 11.5. The van der Waals surface area contributed by atoms with Crippen molar-refractivity contribution >= 4 is 29.0 Å². The van der Waals surface area contributed by atoms with Crippen LogP contribution in [0.4, 0.5) is 11.5 Å². The molecule has 0 atom stereocenters. The van der Waals surface area contributed by atoms with Crippen LogP contribution < -0.4 is 10.6 Å². The second-order valence-electron chi connectivity index (χ2n) is 4.05. The molecular weight excluding hydrogens is 302 g/mol. The highest BCUT2D eigenvalue weighted by Gasteiger charge is 2.21. The van der Waals surface area contributed by atoms with Gasteiger partial charge in [-0.1, -0.05) is 0 Å². The highest BCUT2D eigenvalue weighted by molar-refractivity contribution is 6.28. The van der Waals surface area contributed by atoms with Crippen LogP contribution in [0.2, 0.25) is 5.28 Å². The van der Waals surface area contributed by atoms with Crippen LogP contribution in [-0.4, -0.2) is 47.6 Å². The Hall–Kier alpha value is -2.00. The minimum absolute atomic E-state index is 0.00203. The van der Waals surface area contributed by atoms with Crippen LogP contribution in [0.15, 0.2) is 0 Å². The van der Waals surface area contributed by atoms with Crippen LogP contribution in [0.5, 0.6) is 0 Å². The molecule has 1 heterocycles. The number of nitrogens with zero attached hydrogens (tertiary/aromatic N) is 3. The number of methoxy groups -OCH3 is 1. The van der Waals surface area contributed by atoms with Crippen molar-refractivity contribution in [3.63, 3.8) is 0 Å².